The Hall–Kier alpha value is -0.540. The number of hydrogen-bond acceptors (Lipinski definition) is 2. The Morgan fingerprint density at radius 2 is 2.07 bits per heavy atom. The second kappa shape index (κ2) is 6.13. The van der Waals surface area contributed by atoms with E-state index in [1.807, 2.05) is 0 Å². The molecule has 1 aliphatic rings. The van der Waals surface area contributed by atoms with Gasteiger partial charge in [0.25, 0.3) is 0 Å². The fourth-order valence-electron chi connectivity index (χ4n) is 1.98. The van der Waals surface area contributed by atoms with E-state index in [0.717, 1.165) is 25.7 Å². The average Bonchev–Trinajstić information content (AvgIpc) is 2.39. The van der Waals surface area contributed by atoms with Crippen molar-refractivity contribution in [1.82, 2.24) is 5.32 Å². The number of carbonyl (C=O) groups is 1. The molecule has 0 aliphatic heterocycles. The van der Waals surface area contributed by atoms with Gasteiger partial charge in [-0.25, -0.2) is 0 Å². The Balaban J connectivity index is 2.44. The first-order valence-corrected chi connectivity index (χ1v) is 5.85. The van der Waals surface area contributed by atoms with E-state index in [2.05, 4.69) is 11.9 Å². The van der Waals surface area contributed by atoms with Crippen LogP contribution in [0.25, 0.3) is 0 Å². The summed E-state index contributed by atoms with van der Waals surface area (Å²) in [6.07, 6.45) is 5.24. The number of nitrogens with two attached hydrogens (primary N) is 1. The molecule has 1 saturated carbocycles. The molecule has 0 heterocycles. The molecule has 2 atom stereocenters. The van der Waals surface area contributed by atoms with Crippen molar-refractivity contribution in [2.75, 3.05) is 6.54 Å². The molecule has 3 nitrogen and oxygen atoms in total. The van der Waals surface area contributed by atoms with Crippen molar-refractivity contribution in [3.8, 4) is 0 Å². The number of halogens is 1. The van der Waals surface area contributed by atoms with Crippen LogP contribution >= 0.6 is 11.6 Å². The smallest absolute Gasteiger partial charge is 0.224 e. The van der Waals surface area contributed by atoms with Crippen molar-refractivity contribution >= 4 is 17.5 Å². The van der Waals surface area contributed by atoms with Crippen LogP contribution in [0, 0.1) is 5.92 Å². The van der Waals surface area contributed by atoms with Crippen LogP contribution in [0.1, 0.15) is 32.1 Å². The maximum Gasteiger partial charge on any atom is 0.224 e. The molecule has 1 amide bonds. The fourth-order valence-corrected chi connectivity index (χ4v) is 2.04. The van der Waals surface area contributed by atoms with Crippen LogP contribution in [0.15, 0.2) is 11.6 Å². The molecular formula is C11H19ClN2O. The van der Waals surface area contributed by atoms with E-state index in [0.29, 0.717) is 11.6 Å². The van der Waals surface area contributed by atoms with E-state index in [9.17, 15) is 4.79 Å². The molecule has 1 fully saturated rings. The van der Waals surface area contributed by atoms with Crippen LogP contribution in [0.3, 0.4) is 0 Å². The van der Waals surface area contributed by atoms with E-state index in [4.69, 9.17) is 17.3 Å². The molecule has 0 spiro atoms. The summed E-state index contributed by atoms with van der Waals surface area (Å²) in [5.74, 6) is -0.0327. The molecule has 0 radical (unpaired) electrons. The average molecular weight is 231 g/mol. The third-order valence-electron chi connectivity index (χ3n) is 2.86. The summed E-state index contributed by atoms with van der Waals surface area (Å²) in [7, 11) is 0. The molecule has 4 heteroatoms. The predicted molar refractivity (Wildman–Crippen MR) is 62.6 cm³/mol. The van der Waals surface area contributed by atoms with Gasteiger partial charge in [-0.3, -0.25) is 4.79 Å². The zero-order chi connectivity index (χ0) is 11.3. The van der Waals surface area contributed by atoms with E-state index < -0.39 is 0 Å². The van der Waals surface area contributed by atoms with Crippen molar-refractivity contribution in [3.63, 3.8) is 0 Å². The highest BCUT2D eigenvalue weighted by atomic mass is 35.5. The van der Waals surface area contributed by atoms with Crippen molar-refractivity contribution in [2.24, 2.45) is 11.7 Å². The van der Waals surface area contributed by atoms with Gasteiger partial charge < -0.3 is 11.1 Å². The number of rotatable bonds is 3. The van der Waals surface area contributed by atoms with Crippen molar-refractivity contribution in [2.45, 2.75) is 38.1 Å². The second-order valence-corrected chi connectivity index (χ2v) is 4.68. The van der Waals surface area contributed by atoms with Gasteiger partial charge in [0.15, 0.2) is 0 Å². The summed E-state index contributed by atoms with van der Waals surface area (Å²) in [6.45, 7) is 3.87. The summed E-state index contributed by atoms with van der Waals surface area (Å²) >= 11 is 5.59. The van der Waals surface area contributed by atoms with E-state index in [-0.39, 0.29) is 17.9 Å². The van der Waals surface area contributed by atoms with Crippen molar-refractivity contribution < 1.29 is 4.79 Å². The van der Waals surface area contributed by atoms with Crippen LogP contribution in [-0.4, -0.2) is 18.5 Å². The minimum atomic E-state index is -0.0523. The van der Waals surface area contributed by atoms with Crippen molar-refractivity contribution in [1.29, 1.82) is 0 Å². The SMILES string of the molecule is C=C(Cl)CNC(=O)C1CCCCCC1N. The summed E-state index contributed by atoms with van der Waals surface area (Å²) in [5, 5.41) is 3.21. The van der Waals surface area contributed by atoms with Gasteiger partial charge in [-0.15, -0.1) is 0 Å². The van der Waals surface area contributed by atoms with Gasteiger partial charge in [-0.05, 0) is 12.8 Å². The third kappa shape index (κ3) is 4.22. The lowest BCUT2D eigenvalue weighted by Gasteiger charge is -2.20. The van der Waals surface area contributed by atoms with Crippen molar-refractivity contribution in [3.05, 3.63) is 11.6 Å². The van der Waals surface area contributed by atoms with Gasteiger partial charge >= 0.3 is 0 Å². The monoisotopic (exact) mass is 230 g/mol. The third-order valence-corrected chi connectivity index (χ3v) is 2.99. The lowest BCUT2D eigenvalue weighted by atomic mass is 9.95. The molecule has 2 unspecified atom stereocenters. The lowest BCUT2D eigenvalue weighted by Crippen LogP contribution is -2.41. The largest absolute Gasteiger partial charge is 0.351 e. The maximum atomic E-state index is 11.8. The maximum absolute atomic E-state index is 11.8. The quantitative estimate of drug-likeness (QED) is 0.726. The normalized spacial score (nSPS) is 26.8. The summed E-state index contributed by atoms with van der Waals surface area (Å²) < 4.78 is 0. The number of nitrogens with one attached hydrogen (secondary N) is 1. The Bertz CT molecular complexity index is 243. The molecule has 1 aliphatic carbocycles. The Morgan fingerprint density at radius 1 is 1.40 bits per heavy atom. The Morgan fingerprint density at radius 3 is 2.73 bits per heavy atom. The minimum Gasteiger partial charge on any atom is -0.351 e. The molecule has 0 aromatic rings. The molecule has 3 N–H and O–H groups in total. The minimum absolute atomic E-state index is 0.00362. The van der Waals surface area contributed by atoms with E-state index in [1.165, 1.54) is 6.42 Å². The number of carbonyl (C=O) groups excluding carboxylic acids is 1. The lowest BCUT2D eigenvalue weighted by molar-refractivity contribution is -0.125. The van der Waals surface area contributed by atoms with Gasteiger partial charge in [-0.1, -0.05) is 37.4 Å². The molecule has 15 heavy (non-hydrogen) atoms. The van der Waals surface area contributed by atoms with Gasteiger partial charge in [-0.2, -0.15) is 0 Å². The van der Waals surface area contributed by atoms with E-state index in [1.54, 1.807) is 0 Å². The number of amides is 1. The number of hydrogen-bond donors (Lipinski definition) is 2. The van der Waals surface area contributed by atoms with Gasteiger partial charge in [0, 0.05) is 11.1 Å². The summed E-state index contributed by atoms with van der Waals surface area (Å²) in [5.41, 5.74) is 5.97. The summed E-state index contributed by atoms with van der Waals surface area (Å²) in [4.78, 5) is 11.8. The molecule has 0 saturated heterocycles. The van der Waals surface area contributed by atoms with Gasteiger partial charge in [0.05, 0.1) is 12.5 Å². The molecule has 1 rings (SSSR count). The van der Waals surface area contributed by atoms with Crippen LogP contribution in [0.5, 0.6) is 0 Å². The highest BCUT2D eigenvalue weighted by Gasteiger charge is 2.26. The molecule has 86 valence electrons. The molecule has 0 aromatic heterocycles. The Kier molecular flexibility index (Phi) is 5.12. The van der Waals surface area contributed by atoms with Crippen LogP contribution in [0.2, 0.25) is 0 Å². The zero-order valence-electron chi connectivity index (χ0n) is 8.97. The fraction of sp³-hybridized carbons (Fsp3) is 0.727. The standard InChI is InChI=1S/C11H19ClN2O/c1-8(12)7-14-11(15)9-5-3-2-4-6-10(9)13/h9-10H,1-7,13H2,(H,14,15). The molecule has 0 aromatic carbocycles. The highest BCUT2D eigenvalue weighted by molar-refractivity contribution is 6.29. The first-order chi connectivity index (χ1) is 7.11. The Labute approximate surface area is 96.0 Å². The van der Waals surface area contributed by atoms with Crippen LogP contribution in [-0.2, 0) is 4.79 Å². The molecule has 0 bridgehead atoms. The predicted octanol–water partition coefficient (Wildman–Crippen LogP) is 1.76. The topological polar surface area (TPSA) is 55.1 Å². The summed E-state index contributed by atoms with van der Waals surface area (Å²) in [6, 6.07) is -0.00362. The first-order valence-electron chi connectivity index (χ1n) is 5.48. The zero-order valence-corrected chi connectivity index (χ0v) is 9.72. The van der Waals surface area contributed by atoms with Crippen LogP contribution < -0.4 is 11.1 Å². The van der Waals surface area contributed by atoms with E-state index >= 15 is 0 Å². The highest BCUT2D eigenvalue weighted by Crippen LogP contribution is 2.22. The first kappa shape index (κ1) is 12.5. The van der Waals surface area contributed by atoms with Gasteiger partial charge in [0.2, 0.25) is 5.91 Å². The van der Waals surface area contributed by atoms with Crippen LogP contribution in [0.4, 0.5) is 0 Å². The second-order valence-electron chi connectivity index (χ2n) is 4.14. The molecular weight excluding hydrogens is 212 g/mol. The van der Waals surface area contributed by atoms with Gasteiger partial charge in [0.1, 0.15) is 0 Å².